The molecule has 0 spiro atoms. The SMILES string of the molecule is CC(C)c1ncc(C(=O)NC(CCC(C)(C)C)C(=O)O)s1. The molecule has 6 heteroatoms. The fourth-order valence-electron chi connectivity index (χ4n) is 1.72. The molecule has 1 amide bonds. The summed E-state index contributed by atoms with van der Waals surface area (Å²) in [5, 5.41) is 12.7. The van der Waals surface area contributed by atoms with E-state index in [1.807, 2.05) is 34.6 Å². The number of hydrogen-bond donors (Lipinski definition) is 2. The van der Waals surface area contributed by atoms with Gasteiger partial charge >= 0.3 is 5.97 Å². The molecule has 1 rings (SSSR count). The van der Waals surface area contributed by atoms with Gasteiger partial charge in [0, 0.05) is 5.92 Å². The van der Waals surface area contributed by atoms with Crippen LogP contribution >= 0.6 is 11.3 Å². The molecule has 0 aliphatic carbocycles. The molecule has 1 heterocycles. The summed E-state index contributed by atoms with van der Waals surface area (Å²) in [6, 6.07) is -0.860. The van der Waals surface area contributed by atoms with Gasteiger partial charge in [-0.3, -0.25) is 4.79 Å². The van der Waals surface area contributed by atoms with Crippen LogP contribution < -0.4 is 5.32 Å². The predicted octanol–water partition coefficient (Wildman–Crippen LogP) is 3.28. The smallest absolute Gasteiger partial charge is 0.326 e. The lowest BCUT2D eigenvalue weighted by Crippen LogP contribution is -2.41. The zero-order chi connectivity index (χ0) is 16.2. The molecule has 0 radical (unpaired) electrons. The molecule has 118 valence electrons. The first-order valence-electron chi connectivity index (χ1n) is 7.09. The number of aliphatic carboxylic acids is 1. The van der Waals surface area contributed by atoms with Crippen molar-refractivity contribution in [3.8, 4) is 0 Å². The number of carboxylic acid groups (broad SMARTS) is 1. The van der Waals surface area contributed by atoms with E-state index in [1.165, 1.54) is 17.5 Å². The summed E-state index contributed by atoms with van der Waals surface area (Å²) in [6.07, 6.45) is 2.66. The third-order valence-electron chi connectivity index (χ3n) is 3.03. The average molecular weight is 312 g/mol. The lowest BCUT2D eigenvalue weighted by molar-refractivity contribution is -0.139. The molecule has 1 aromatic rings. The number of carboxylic acids is 1. The van der Waals surface area contributed by atoms with Crippen LogP contribution in [0.3, 0.4) is 0 Å². The number of carbonyl (C=O) groups is 2. The van der Waals surface area contributed by atoms with Crippen LogP contribution in [0.2, 0.25) is 0 Å². The van der Waals surface area contributed by atoms with Crippen LogP contribution in [-0.4, -0.2) is 28.0 Å². The van der Waals surface area contributed by atoms with E-state index >= 15 is 0 Å². The van der Waals surface area contributed by atoms with Crippen molar-refractivity contribution in [3.63, 3.8) is 0 Å². The first kappa shape index (κ1) is 17.6. The molecule has 0 fully saturated rings. The van der Waals surface area contributed by atoms with E-state index in [4.69, 9.17) is 0 Å². The maximum atomic E-state index is 12.1. The van der Waals surface area contributed by atoms with Gasteiger partial charge in [-0.2, -0.15) is 0 Å². The average Bonchev–Trinajstić information content (AvgIpc) is 2.82. The number of nitrogens with zero attached hydrogens (tertiary/aromatic N) is 1. The second-order valence-corrected chi connectivity index (χ2v) is 7.74. The fourth-order valence-corrected chi connectivity index (χ4v) is 2.55. The van der Waals surface area contributed by atoms with Gasteiger partial charge in [-0.25, -0.2) is 9.78 Å². The molecule has 1 atom stereocenters. The molecule has 5 nitrogen and oxygen atoms in total. The normalized spacial score (nSPS) is 13.2. The Morgan fingerprint density at radius 3 is 2.43 bits per heavy atom. The highest BCUT2D eigenvalue weighted by Gasteiger charge is 2.24. The molecule has 21 heavy (non-hydrogen) atoms. The number of aromatic nitrogens is 1. The van der Waals surface area contributed by atoms with E-state index in [9.17, 15) is 14.7 Å². The summed E-state index contributed by atoms with van der Waals surface area (Å²) in [5.41, 5.74) is 0.0354. The third-order valence-corrected chi connectivity index (χ3v) is 4.32. The van der Waals surface area contributed by atoms with E-state index in [0.717, 1.165) is 11.4 Å². The summed E-state index contributed by atoms with van der Waals surface area (Å²) in [4.78, 5) is 28.0. The minimum Gasteiger partial charge on any atom is -0.480 e. The molecular weight excluding hydrogens is 288 g/mol. The van der Waals surface area contributed by atoms with Gasteiger partial charge in [0.15, 0.2) is 0 Å². The van der Waals surface area contributed by atoms with E-state index in [0.29, 0.717) is 11.3 Å². The van der Waals surface area contributed by atoms with Gasteiger partial charge in [-0.15, -0.1) is 11.3 Å². The molecule has 0 aliphatic rings. The summed E-state index contributed by atoms with van der Waals surface area (Å²) in [7, 11) is 0. The molecule has 1 unspecified atom stereocenters. The molecule has 0 aliphatic heterocycles. The topological polar surface area (TPSA) is 79.3 Å². The molecule has 0 bridgehead atoms. The lowest BCUT2D eigenvalue weighted by Gasteiger charge is -2.21. The number of amides is 1. The van der Waals surface area contributed by atoms with Crippen LogP contribution in [0, 0.1) is 5.41 Å². The van der Waals surface area contributed by atoms with Gasteiger partial charge in [0.1, 0.15) is 10.9 Å². The van der Waals surface area contributed by atoms with Crippen molar-refractivity contribution < 1.29 is 14.7 Å². The summed E-state index contributed by atoms with van der Waals surface area (Å²) >= 11 is 1.31. The zero-order valence-corrected chi connectivity index (χ0v) is 14.1. The number of carbonyl (C=O) groups excluding carboxylic acids is 1. The van der Waals surface area contributed by atoms with Crippen molar-refractivity contribution in [2.24, 2.45) is 5.41 Å². The van der Waals surface area contributed by atoms with Crippen LogP contribution in [0.4, 0.5) is 0 Å². The number of hydrogen-bond acceptors (Lipinski definition) is 4. The van der Waals surface area contributed by atoms with Gasteiger partial charge in [-0.1, -0.05) is 34.6 Å². The highest BCUT2D eigenvalue weighted by atomic mass is 32.1. The Morgan fingerprint density at radius 2 is 2.00 bits per heavy atom. The summed E-state index contributed by atoms with van der Waals surface area (Å²) < 4.78 is 0. The van der Waals surface area contributed by atoms with Crippen LogP contribution in [0.25, 0.3) is 0 Å². The first-order chi connectivity index (χ1) is 9.60. The number of rotatable bonds is 6. The Hall–Kier alpha value is -1.43. The van der Waals surface area contributed by atoms with E-state index in [1.54, 1.807) is 0 Å². The van der Waals surface area contributed by atoms with Gasteiger partial charge in [0.2, 0.25) is 0 Å². The quantitative estimate of drug-likeness (QED) is 0.845. The molecule has 0 saturated heterocycles. The number of nitrogens with one attached hydrogen (secondary N) is 1. The van der Waals surface area contributed by atoms with E-state index < -0.39 is 12.0 Å². The van der Waals surface area contributed by atoms with Crippen molar-refractivity contribution in [3.05, 3.63) is 16.1 Å². The zero-order valence-electron chi connectivity index (χ0n) is 13.3. The van der Waals surface area contributed by atoms with Gasteiger partial charge in [-0.05, 0) is 18.3 Å². The van der Waals surface area contributed by atoms with E-state index in [-0.39, 0.29) is 17.2 Å². The summed E-state index contributed by atoms with van der Waals surface area (Å²) in [6.45, 7) is 10.2. The van der Waals surface area contributed by atoms with Crippen molar-refractivity contribution in [1.82, 2.24) is 10.3 Å². The molecule has 0 saturated carbocycles. The summed E-state index contributed by atoms with van der Waals surface area (Å²) in [5.74, 6) is -1.10. The van der Waals surface area contributed by atoms with E-state index in [2.05, 4.69) is 10.3 Å². The monoisotopic (exact) mass is 312 g/mol. The van der Waals surface area contributed by atoms with Crippen molar-refractivity contribution >= 4 is 23.2 Å². The fraction of sp³-hybridized carbons (Fsp3) is 0.667. The van der Waals surface area contributed by atoms with Gasteiger partial charge in [0.25, 0.3) is 5.91 Å². The van der Waals surface area contributed by atoms with Crippen LogP contribution in [0.15, 0.2) is 6.20 Å². The Morgan fingerprint density at radius 1 is 1.38 bits per heavy atom. The standard InChI is InChI=1S/C15H24N2O3S/c1-9(2)13-16-8-11(21-13)12(18)17-10(14(19)20)6-7-15(3,4)5/h8-10H,6-7H2,1-5H3,(H,17,18)(H,19,20). The maximum Gasteiger partial charge on any atom is 0.326 e. The molecular formula is C15H24N2O3S. The highest BCUT2D eigenvalue weighted by Crippen LogP contribution is 2.23. The second-order valence-electron chi connectivity index (χ2n) is 6.68. The minimum atomic E-state index is -0.999. The van der Waals surface area contributed by atoms with Crippen molar-refractivity contribution in [2.45, 2.75) is 59.4 Å². The molecule has 1 aromatic heterocycles. The molecule has 2 N–H and O–H groups in total. The highest BCUT2D eigenvalue weighted by molar-refractivity contribution is 7.13. The largest absolute Gasteiger partial charge is 0.480 e. The molecule has 0 aromatic carbocycles. The van der Waals surface area contributed by atoms with Crippen LogP contribution in [0.1, 0.15) is 68.1 Å². The van der Waals surface area contributed by atoms with Crippen molar-refractivity contribution in [2.75, 3.05) is 0 Å². The van der Waals surface area contributed by atoms with Gasteiger partial charge in [0.05, 0.1) is 11.2 Å². The van der Waals surface area contributed by atoms with Crippen LogP contribution in [-0.2, 0) is 4.79 Å². The van der Waals surface area contributed by atoms with Gasteiger partial charge < -0.3 is 10.4 Å². The Balaban J connectivity index is 2.69. The number of thiazole rings is 1. The lowest BCUT2D eigenvalue weighted by atomic mass is 9.88. The Kier molecular flexibility index (Phi) is 5.89. The Labute approximate surface area is 129 Å². The van der Waals surface area contributed by atoms with Crippen molar-refractivity contribution in [1.29, 1.82) is 0 Å². The minimum absolute atomic E-state index is 0.0354. The second kappa shape index (κ2) is 7.02. The Bertz CT molecular complexity index is 503. The predicted molar refractivity (Wildman–Crippen MR) is 83.8 cm³/mol. The maximum absolute atomic E-state index is 12.1. The third kappa shape index (κ3) is 5.83. The van der Waals surface area contributed by atoms with Crippen LogP contribution in [0.5, 0.6) is 0 Å². The first-order valence-corrected chi connectivity index (χ1v) is 7.91.